The lowest BCUT2D eigenvalue weighted by Crippen LogP contribution is -2.53. The van der Waals surface area contributed by atoms with Crippen molar-refractivity contribution in [2.45, 2.75) is 43.4 Å². The third-order valence-electron chi connectivity index (χ3n) is 3.05. The molecule has 8 heteroatoms. The normalized spacial score (nSPS) is 12.6. The van der Waals surface area contributed by atoms with Crippen LogP contribution in [0.2, 0.25) is 4.34 Å². The fourth-order valence-corrected chi connectivity index (χ4v) is 4.82. The van der Waals surface area contributed by atoms with Gasteiger partial charge >= 0.3 is 5.97 Å². The minimum Gasteiger partial charge on any atom is -0.480 e. The molecule has 1 rings (SSSR count). The quantitative estimate of drug-likeness (QED) is 0.842. The minimum absolute atomic E-state index is 0.0301. The van der Waals surface area contributed by atoms with Crippen LogP contribution in [-0.2, 0) is 14.8 Å². The zero-order valence-electron chi connectivity index (χ0n) is 10.9. The summed E-state index contributed by atoms with van der Waals surface area (Å²) in [6.45, 7) is 4.96. The van der Waals surface area contributed by atoms with E-state index in [1.807, 2.05) is 0 Å². The molecule has 0 spiro atoms. The predicted molar refractivity (Wildman–Crippen MR) is 75.3 cm³/mol. The minimum atomic E-state index is -3.89. The highest BCUT2D eigenvalue weighted by atomic mass is 35.5. The Hall–Kier alpha value is -0.630. The lowest BCUT2D eigenvalue weighted by Gasteiger charge is -2.27. The van der Waals surface area contributed by atoms with Crippen molar-refractivity contribution in [3.05, 3.63) is 16.0 Å². The third-order valence-corrected chi connectivity index (χ3v) is 6.61. The highest BCUT2D eigenvalue weighted by Gasteiger charge is 2.39. The zero-order chi connectivity index (χ0) is 14.8. The van der Waals surface area contributed by atoms with E-state index in [1.165, 1.54) is 6.07 Å². The fraction of sp³-hybridized carbons (Fsp3) is 0.545. The number of nitrogens with one attached hydrogen (secondary N) is 1. The number of sulfonamides is 1. The SMILES string of the molecule is CCC(CC)(NS(=O)(=O)c1cc(C)c(Cl)s1)C(=O)O. The first-order chi connectivity index (χ1) is 8.68. The summed E-state index contributed by atoms with van der Waals surface area (Å²) >= 11 is 6.76. The summed E-state index contributed by atoms with van der Waals surface area (Å²) in [4.78, 5) is 11.3. The van der Waals surface area contributed by atoms with Crippen LogP contribution in [0.3, 0.4) is 0 Å². The van der Waals surface area contributed by atoms with Gasteiger partial charge in [-0.3, -0.25) is 4.79 Å². The lowest BCUT2D eigenvalue weighted by atomic mass is 9.95. The molecule has 0 aromatic carbocycles. The van der Waals surface area contributed by atoms with Crippen molar-refractivity contribution in [1.82, 2.24) is 4.72 Å². The van der Waals surface area contributed by atoms with Gasteiger partial charge in [0, 0.05) is 0 Å². The molecule has 0 saturated heterocycles. The number of aliphatic carboxylic acids is 1. The highest BCUT2D eigenvalue weighted by molar-refractivity contribution is 7.91. The van der Waals surface area contributed by atoms with Crippen molar-refractivity contribution >= 4 is 38.9 Å². The molecule has 0 fully saturated rings. The van der Waals surface area contributed by atoms with Gasteiger partial charge in [0.05, 0.1) is 4.34 Å². The Morgan fingerprint density at radius 1 is 1.47 bits per heavy atom. The Morgan fingerprint density at radius 2 is 2.00 bits per heavy atom. The molecule has 0 aliphatic heterocycles. The Morgan fingerprint density at radius 3 is 2.32 bits per heavy atom. The summed E-state index contributed by atoms with van der Waals surface area (Å²) in [6, 6.07) is 1.44. The number of carbonyl (C=O) groups is 1. The van der Waals surface area contributed by atoms with Crippen molar-refractivity contribution in [3.8, 4) is 0 Å². The number of aryl methyl sites for hydroxylation is 1. The number of halogens is 1. The molecule has 5 nitrogen and oxygen atoms in total. The van der Waals surface area contributed by atoms with Gasteiger partial charge in [0.1, 0.15) is 9.75 Å². The average molecular weight is 326 g/mol. The highest BCUT2D eigenvalue weighted by Crippen LogP contribution is 2.31. The van der Waals surface area contributed by atoms with E-state index in [0.29, 0.717) is 9.90 Å². The Labute approximate surface area is 121 Å². The molecule has 19 heavy (non-hydrogen) atoms. The second-order valence-corrected chi connectivity index (χ2v) is 7.79. The first kappa shape index (κ1) is 16.4. The summed E-state index contributed by atoms with van der Waals surface area (Å²) in [5.74, 6) is -1.18. The second-order valence-electron chi connectivity index (χ2n) is 4.22. The third kappa shape index (κ3) is 3.28. The largest absolute Gasteiger partial charge is 0.480 e. The zero-order valence-corrected chi connectivity index (χ0v) is 13.2. The van der Waals surface area contributed by atoms with Crippen molar-refractivity contribution in [2.24, 2.45) is 0 Å². The van der Waals surface area contributed by atoms with Gasteiger partial charge < -0.3 is 5.11 Å². The van der Waals surface area contributed by atoms with Crippen LogP contribution in [0.15, 0.2) is 10.3 Å². The Balaban J connectivity index is 3.18. The number of hydrogen-bond acceptors (Lipinski definition) is 4. The van der Waals surface area contributed by atoms with Crippen molar-refractivity contribution in [1.29, 1.82) is 0 Å². The maximum atomic E-state index is 12.2. The molecule has 1 aromatic heterocycles. The van der Waals surface area contributed by atoms with Crippen molar-refractivity contribution in [2.75, 3.05) is 0 Å². The van der Waals surface area contributed by atoms with Crippen molar-refractivity contribution < 1.29 is 18.3 Å². The standard InChI is InChI=1S/C11H16ClNO4S2/c1-4-11(5-2,10(14)15)13-19(16,17)8-6-7(3)9(12)18-8/h6,13H,4-5H2,1-3H3,(H,14,15). The van der Waals surface area contributed by atoms with E-state index >= 15 is 0 Å². The molecule has 0 aliphatic carbocycles. The van der Waals surface area contributed by atoms with E-state index in [-0.39, 0.29) is 17.1 Å². The van der Waals surface area contributed by atoms with Gasteiger partial charge in [-0.2, -0.15) is 4.72 Å². The molecule has 0 unspecified atom stereocenters. The van der Waals surface area contributed by atoms with Crippen LogP contribution in [0.5, 0.6) is 0 Å². The van der Waals surface area contributed by atoms with Crippen LogP contribution in [0.4, 0.5) is 0 Å². The second kappa shape index (κ2) is 5.78. The smallest absolute Gasteiger partial charge is 0.324 e. The molecule has 0 saturated carbocycles. The number of rotatable bonds is 6. The molecule has 0 amide bonds. The van der Waals surface area contributed by atoms with Crippen LogP contribution in [-0.4, -0.2) is 25.0 Å². The molecule has 2 N–H and O–H groups in total. The Bertz CT molecular complexity index is 556. The van der Waals surface area contributed by atoms with E-state index in [2.05, 4.69) is 4.72 Å². The van der Waals surface area contributed by atoms with E-state index in [0.717, 1.165) is 11.3 Å². The summed E-state index contributed by atoms with van der Waals surface area (Å²) < 4.78 is 27.1. The number of thiophene rings is 1. The van der Waals surface area contributed by atoms with Gasteiger partial charge in [-0.15, -0.1) is 11.3 Å². The van der Waals surface area contributed by atoms with Crippen molar-refractivity contribution in [3.63, 3.8) is 0 Å². The molecular weight excluding hydrogens is 310 g/mol. The van der Waals surface area contributed by atoms with Gasteiger partial charge in [-0.1, -0.05) is 25.4 Å². The van der Waals surface area contributed by atoms with Crippen LogP contribution >= 0.6 is 22.9 Å². The van der Waals surface area contributed by atoms with E-state index in [1.54, 1.807) is 20.8 Å². The van der Waals surface area contributed by atoms with Crippen LogP contribution < -0.4 is 4.72 Å². The van der Waals surface area contributed by atoms with E-state index in [4.69, 9.17) is 11.6 Å². The van der Waals surface area contributed by atoms with E-state index < -0.39 is 21.5 Å². The van der Waals surface area contributed by atoms with Gasteiger partial charge in [-0.25, -0.2) is 8.42 Å². The van der Waals surface area contributed by atoms with Crippen LogP contribution in [0.25, 0.3) is 0 Å². The molecule has 1 aromatic rings. The number of carboxylic acids is 1. The average Bonchev–Trinajstić information content (AvgIpc) is 2.67. The van der Waals surface area contributed by atoms with Gasteiger partial charge in [0.2, 0.25) is 0 Å². The molecule has 0 radical (unpaired) electrons. The Kier molecular flexibility index (Phi) is 5.00. The van der Waals surface area contributed by atoms with Gasteiger partial charge in [0.25, 0.3) is 10.0 Å². The summed E-state index contributed by atoms with van der Waals surface area (Å²) in [7, 11) is -3.89. The summed E-state index contributed by atoms with van der Waals surface area (Å²) in [6.07, 6.45) is 0.326. The summed E-state index contributed by atoms with van der Waals surface area (Å²) in [5.41, 5.74) is -0.829. The maximum Gasteiger partial charge on any atom is 0.324 e. The molecular formula is C11H16ClNO4S2. The lowest BCUT2D eigenvalue weighted by molar-refractivity contribution is -0.144. The first-order valence-electron chi connectivity index (χ1n) is 5.72. The van der Waals surface area contributed by atoms with E-state index in [9.17, 15) is 18.3 Å². The van der Waals surface area contributed by atoms with Crippen LogP contribution in [0.1, 0.15) is 32.3 Å². The predicted octanol–water partition coefficient (Wildman–Crippen LogP) is 2.63. The van der Waals surface area contributed by atoms with Gasteiger partial charge in [0.15, 0.2) is 0 Å². The van der Waals surface area contributed by atoms with Crippen LogP contribution in [0, 0.1) is 6.92 Å². The molecule has 0 atom stereocenters. The topological polar surface area (TPSA) is 83.5 Å². The summed E-state index contributed by atoms with van der Waals surface area (Å²) in [5, 5.41) is 9.24. The molecule has 0 aliphatic rings. The number of carboxylic acid groups (broad SMARTS) is 1. The maximum absolute atomic E-state index is 12.2. The van der Waals surface area contributed by atoms with Gasteiger partial charge in [-0.05, 0) is 31.4 Å². The molecule has 1 heterocycles. The molecule has 108 valence electrons. The number of hydrogen-bond donors (Lipinski definition) is 2. The fourth-order valence-electron chi connectivity index (χ4n) is 1.61. The molecule has 0 bridgehead atoms. The monoisotopic (exact) mass is 325 g/mol. The first-order valence-corrected chi connectivity index (χ1v) is 8.39.